The summed E-state index contributed by atoms with van der Waals surface area (Å²) >= 11 is 1.89. The fourth-order valence-electron chi connectivity index (χ4n) is 5.11. The SMILES string of the molecule is CNc1cc[nH]c(=O)c1C1=Nc2cc3c(cc2C1)C(=O)N(C1CCN(CCSC)CC1)C3. The van der Waals surface area contributed by atoms with Gasteiger partial charge in [-0.25, -0.2) is 0 Å². The first-order valence-corrected chi connectivity index (χ1v) is 12.6. The first kappa shape index (κ1) is 21.3. The molecule has 1 fully saturated rings. The van der Waals surface area contributed by atoms with Crippen molar-refractivity contribution in [3.05, 3.63) is 57.0 Å². The number of carbonyl (C=O) groups is 1. The van der Waals surface area contributed by atoms with Gasteiger partial charge in [-0.2, -0.15) is 11.8 Å². The Balaban J connectivity index is 1.34. The van der Waals surface area contributed by atoms with E-state index in [9.17, 15) is 9.59 Å². The molecule has 1 aromatic carbocycles. The Kier molecular flexibility index (Phi) is 5.82. The molecular weight excluding hydrogens is 422 g/mol. The molecule has 1 aromatic heterocycles. The Hall–Kier alpha value is -2.58. The lowest BCUT2D eigenvalue weighted by Crippen LogP contribution is -2.45. The van der Waals surface area contributed by atoms with Gasteiger partial charge in [0.25, 0.3) is 11.5 Å². The zero-order valence-corrected chi connectivity index (χ0v) is 19.4. The van der Waals surface area contributed by atoms with Gasteiger partial charge >= 0.3 is 0 Å². The quantitative estimate of drug-likeness (QED) is 0.706. The lowest BCUT2D eigenvalue weighted by Gasteiger charge is -2.36. The minimum Gasteiger partial charge on any atom is -0.387 e. The van der Waals surface area contributed by atoms with Crippen molar-refractivity contribution in [2.45, 2.75) is 31.8 Å². The van der Waals surface area contributed by atoms with Gasteiger partial charge < -0.3 is 20.1 Å². The molecule has 0 bridgehead atoms. The number of pyridine rings is 1. The standard InChI is InChI=1S/C24H29N5O2S/c1-25-19-3-6-26-23(30)22(19)21-12-15-11-18-16(13-20(15)27-21)14-29(24(18)31)17-4-7-28(8-5-17)9-10-32-2/h3,6,11,13,17H,4-5,7-10,12,14H2,1-2H3,(H2,25,26,30). The van der Waals surface area contributed by atoms with E-state index in [0.29, 0.717) is 24.6 Å². The second-order valence-corrected chi connectivity index (χ2v) is 9.70. The largest absolute Gasteiger partial charge is 0.387 e. The third-order valence-corrected chi connectivity index (χ3v) is 7.47. The predicted molar refractivity (Wildman–Crippen MR) is 131 cm³/mol. The molecule has 0 atom stereocenters. The van der Waals surface area contributed by atoms with Gasteiger partial charge in [0.1, 0.15) is 0 Å². The van der Waals surface area contributed by atoms with Gasteiger partial charge in [-0.05, 0) is 48.4 Å². The summed E-state index contributed by atoms with van der Waals surface area (Å²) in [6.45, 7) is 3.92. The Morgan fingerprint density at radius 1 is 1.22 bits per heavy atom. The number of carbonyl (C=O) groups excluding carboxylic acids is 1. The molecule has 168 valence electrons. The number of aromatic amines is 1. The van der Waals surface area contributed by atoms with Crippen molar-refractivity contribution >= 4 is 34.8 Å². The summed E-state index contributed by atoms with van der Waals surface area (Å²) in [5, 5.41) is 3.08. The van der Waals surface area contributed by atoms with Gasteiger partial charge in [-0.3, -0.25) is 14.6 Å². The molecule has 3 aliphatic heterocycles. The molecule has 0 radical (unpaired) electrons. The highest BCUT2D eigenvalue weighted by Crippen LogP contribution is 2.37. The number of aromatic nitrogens is 1. The molecule has 2 N–H and O–H groups in total. The van der Waals surface area contributed by atoms with Crippen molar-refractivity contribution in [2.24, 2.45) is 4.99 Å². The number of likely N-dealkylation sites (tertiary alicyclic amines) is 1. The van der Waals surface area contributed by atoms with E-state index < -0.39 is 0 Å². The summed E-state index contributed by atoms with van der Waals surface area (Å²) < 4.78 is 0. The summed E-state index contributed by atoms with van der Waals surface area (Å²) in [5.41, 5.74) is 5.70. The van der Waals surface area contributed by atoms with Crippen LogP contribution in [-0.4, -0.2) is 71.1 Å². The van der Waals surface area contributed by atoms with E-state index in [1.807, 2.05) is 23.9 Å². The third-order valence-electron chi connectivity index (χ3n) is 6.88. The van der Waals surface area contributed by atoms with Crippen LogP contribution in [0.5, 0.6) is 0 Å². The molecule has 1 saturated heterocycles. The number of hydrogen-bond donors (Lipinski definition) is 2. The number of nitrogens with zero attached hydrogens (tertiary/aromatic N) is 3. The molecular formula is C24H29N5O2S. The Morgan fingerprint density at radius 2 is 2.03 bits per heavy atom. The lowest BCUT2D eigenvalue weighted by molar-refractivity contribution is 0.0603. The van der Waals surface area contributed by atoms with Gasteiger partial charge in [-0.15, -0.1) is 0 Å². The molecule has 0 aliphatic carbocycles. The van der Waals surface area contributed by atoms with E-state index in [1.54, 1.807) is 13.2 Å². The zero-order valence-electron chi connectivity index (χ0n) is 18.6. The number of nitrogens with one attached hydrogen (secondary N) is 2. The minimum atomic E-state index is -0.151. The zero-order chi connectivity index (χ0) is 22.2. The van der Waals surface area contributed by atoms with Crippen LogP contribution in [0, 0.1) is 0 Å². The Labute approximate surface area is 192 Å². The number of hydrogen-bond acceptors (Lipinski definition) is 6. The smallest absolute Gasteiger partial charge is 0.259 e. The van der Waals surface area contributed by atoms with Crippen molar-refractivity contribution in [1.29, 1.82) is 0 Å². The second-order valence-electron chi connectivity index (χ2n) is 8.72. The summed E-state index contributed by atoms with van der Waals surface area (Å²) in [4.78, 5) is 37.8. The number of anilines is 1. The number of fused-ring (bicyclic) bond motifs is 2. The average molecular weight is 452 g/mol. The normalized spacial score (nSPS) is 18.6. The second kappa shape index (κ2) is 8.75. The van der Waals surface area contributed by atoms with E-state index in [1.165, 1.54) is 0 Å². The van der Waals surface area contributed by atoms with E-state index in [2.05, 4.69) is 32.4 Å². The third kappa shape index (κ3) is 3.75. The molecule has 0 unspecified atom stereocenters. The number of benzene rings is 1. The van der Waals surface area contributed by atoms with Gasteiger partial charge in [-0.1, -0.05) is 0 Å². The summed E-state index contributed by atoms with van der Waals surface area (Å²) in [6.07, 6.45) is 6.43. The maximum absolute atomic E-state index is 13.3. The van der Waals surface area contributed by atoms with Gasteiger partial charge in [0.15, 0.2) is 0 Å². The van der Waals surface area contributed by atoms with Crippen LogP contribution in [0.4, 0.5) is 11.4 Å². The van der Waals surface area contributed by atoms with E-state index >= 15 is 0 Å². The van der Waals surface area contributed by atoms with Crippen molar-refractivity contribution in [2.75, 3.05) is 44.0 Å². The molecule has 1 amide bonds. The highest BCUT2D eigenvalue weighted by atomic mass is 32.2. The van der Waals surface area contributed by atoms with E-state index in [0.717, 1.165) is 72.0 Å². The van der Waals surface area contributed by atoms with Gasteiger partial charge in [0.2, 0.25) is 0 Å². The highest BCUT2D eigenvalue weighted by molar-refractivity contribution is 7.98. The van der Waals surface area contributed by atoms with Crippen LogP contribution in [0.1, 0.15) is 39.9 Å². The van der Waals surface area contributed by atoms with Crippen molar-refractivity contribution in [3.8, 4) is 0 Å². The van der Waals surface area contributed by atoms with Crippen molar-refractivity contribution < 1.29 is 4.79 Å². The molecule has 2 aromatic rings. The van der Waals surface area contributed by atoms with Gasteiger partial charge in [0, 0.05) is 63.2 Å². The fraction of sp³-hybridized carbons (Fsp3) is 0.458. The number of piperidine rings is 1. The highest BCUT2D eigenvalue weighted by Gasteiger charge is 2.36. The van der Waals surface area contributed by atoms with Crippen LogP contribution in [0.2, 0.25) is 0 Å². The molecule has 4 heterocycles. The van der Waals surface area contributed by atoms with Gasteiger partial charge in [0.05, 0.1) is 22.6 Å². The molecule has 7 nitrogen and oxygen atoms in total. The van der Waals surface area contributed by atoms with Crippen LogP contribution in [-0.2, 0) is 13.0 Å². The molecule has 0 saturated carbocycles. The number of H-pyrrole nitrogens is 1. The summed E-state index contributed by atoms with van der Waals surface area (Å²) in [7, 11) is 1.80. The minimum absolute atomic E-state index is 0.146. The first-order valence-electron chi connectivity index (χ1n) is 11.2. The van der Waals surface area contributed by atoms with E-state index in [-0.39, 0.29) is 11.5 Å². The van der Waals surface area contributed by atoms with Crippen LogP contribution in [0.25, 0.3) is 0 Å². The Morgan fingerprint density at radius 3 is 2.78 bits per heavy atom. The maximum Gasteiger partial charge on any atom is 0.259 e. The predicted octanol–water partition coefficient (Wildman–Crippen LogP) is 2.88. The number of rotatable bonds is 6. The lowest BCUT2D eigenvalue weighted by atomic mass is 10.00. The summed E-state index contributed by atoms with van der Waals surface area (Å²) in [5.74, 6) is 1.31. The van der Waals surface area contributed by atoms with Crippen LogP contribution in [0.3, 0.4) is 0 Å². The average Bonchev–Trinajstić information content (AvgIpc) is 3.36. The number of thioether (sulfide) groups is 1. The maximum atomic E-state index is 13.3. The number of amides is 1. The van der Waals surface area contributed by atoms with Crippen LogP contribution >= 0.6 is 11.8 Å². The first-order chi connectivity index (χ1) is 15.6. The fourth-order valence-corrected chi connectivity index (χ4v) is 5.56. The van der Waals surface area contributed by atoms with Crippen molar-refractivity contribution in [3.63, 3.8) is 0 Å². The molecule has 5 rings (SSSR count). The molecule has 3 aliphatic rings. The Bertz CT molecular complexity index is 1130. The number of aliphatic imine (C=N–C) groups is 1. The summed E-state index contributed by atoms with van der Waals surface area (Å²) in [6, 6.07) is 6.22. The van der Waals surface area contributed by atoms with Crippen LogP contribution in [0.15, 0.2) is 34.2 Å². The molecule has 0 spiro atoms. The molecule has 8 heteroatoms. The van der Waals surface area contributed by atoms with Crippen LogP contribution < -0.4 is 10.9 Å². The van der Waals surface area contributed by atoms with Crippen molar-refractivity contribution in [1.82, 2.24) is 14.8 Å². The molecule has 32 heavy (non-hydrogen) atoms. The van der Waals surface area contributed by atoms with E-state index in [4.69, 9.17) is 4.99 Å². The monoisotopic (exact) mass is 451 g/mol. The topological polar surface area (TPSA) is 80.8 Å².